The molecular formula is C8H13N3. The standard InChI is InChI=1S/C8H13N3/c1-6(2)8-5-9-10-11(8)7(3)4/h5,7H,1H2,2-4H3. The predicted molar refractivity (Wildman–Crippen MR) is 45.1 cm³/mol. The minimum Gasteiger partial charge on any atom is -0.243 e. The molecule has 0 aliphatic rings. The molecule has 0 aliphatic carbocycles. The lowest BCUT2D eigenvalue weighted by molar-refractivity contribution is 0.509. The van der Waals surface area contributed by atoms with Gasteiger partial charge in [0.15, 0.2) is 0 Å². The first kappa shape index (κ1) is 7.98. The summed E-state index contributed by atoms with van der Waals surface area (Å²) < 4.78 is 1.86. The fourth-order valence-electron chi connectivity index (χ4n) is 0.931. The Bertz CT molecular complexity index is 260. The van der Waals surface area contributed by atoms with Crippen molar-refractivity contribution in [3.63, 3.8) is 0 Å². The summed E-state index contributed by atoms with van der Waals surface area (Å²) in [7, 11) is 0. The Hall–Kier alpha value is -1.12. The smallest absolute Gasteiger partial charge is 0.0839 e. The van der Waals surface area contributed by atoms with Crippen molar-refractivity contribution in [3.05, 3.63) is 18.5 Å². The van der Waals surface area contributed by atoms with Gasteiger partial charge in [-0.15, -0.1) is 5.10 Å². The quantitative estimate of drug-likeness (QED) is 0.646. The monoisotopic (exact) mass is 151 g/mol. The Kier molecular flexibility index (Phi) is 2.08. The molecule has 0 N–H and O–H groups in total. The van der Waals surface area contributed by atoms with Crippen LogP contribution in [0, 0.1) is 0 Å². The number of rotatable bonds is 2. The van der Waals surface area contributed by atoms with Crippen LogP contribution in [0.2, 0.25) is 0 Å². The average molecular weight is 151 g/mol. The average Bonchev–Trinajstić information content (AvgIpc) is 2.32. The molecule has 0 radical (unpaired) electrons. The number of aromatic nitrogens is 3. The SMILES string of the molecule is C=C(C)c1cnnn1C(C)C. The zero-order chi connectivity index (χ0) is 8.43. The molecular weight excluding hydrogens is 138 g/mol. The molecule has 0 aliphatic heterocycles. The highest BCUT2D eigenvalue weighted by Gasteiger charge is 2.06. The Labute approximate surface area is 66.7 Å². The summed E-state index contributed by atoms with van der Waals surface area (Å²) in [6, 6.07) is 0.351. The maximum atomic E-state index is 3.94. The van der Waals surface area contributed by atoms with E-state index in [2.05, 4.69) is 30.7 Å². The summed E-state index contributed by atoms with van der Waals surface area (Å²) >= 11 is 0. The van der Waals surface area contributed by atoms with Gasteiger partial charge in [-0.3, -0.25) is 0 Å². The molecule has 0 aromatic carbocycles. The highest BCUT2D eigenvalue weighted by Crippen LogP contribution is 2.13. The van der Waals surface area contributed by atoms with Crippen molar-refractivity contribution in [1.29, 1.82) is 0 Å². The van der Waals surface area contributed by atoms with Gasteiger partial charge in [0.05, 0.1) is 11.9 Å². The van der Waals surface area contributed by atoms with Gasteiger partial charge in [0.2, 0.25) is 0 Å². The van der Waals surface area contributed by atoms with Crippen LogP contribution in [-0.2, 0) is 0 Å². The van der Waals surface area contributed by atoms with E-state index >= 15 is 0 Å². The summed E-state index contributed by atoms with van der Waals surface area (Å²) in [5, 5.41) is 7.76. The van der Waals surface area contributed by atoms with Crippen LogP contribution in [0.15, 0.2) is 12.8 Å². The van der Waals surface area contributed by atoms with E-state index in [1.807, 2.05) is 11.6 Å². The van der Waals surface area contributed by atoms with Crippen molar-refractivity contribution in [2.45, 2.75) is 26.8 Å². The van der Waals surface area contributed by atoms with Crippen molar-refractivity contribution in [2.24, 2.45) is 0 Å². The summed E-state index contributed by atoms with van der Waals surface area (Å²) in [4.78, 5) is 0. The normalized spacial score (nSPS) is 10.5. The van der Waals surface area contributed by atoms with E-state index in [9.17, 15) is 0 Å². The summed E-state index contributed by atoms with van der Waals surface area (Å²) in [5.41, 5.74) is 2.02. The van der Waals surface area contributed by atoms with Gasteiger partial charge in [0.1, 0.15) is 0 Å². The Morgan fingerprint density at radius 1 is 1.64 bits per heavy atom. The van der Waals surface area contributed by atoms with Gasteiger partial charge in [-0.25, -0.2) is 4.68 Å². The van der Waals surface area contributed by atoms with Crippen LogP contribution >= 0.6 is 0 Å². The van der Waals surface area contributed by atoms with Gasteiger partial charge in [-0.05, 0) is 26.3 Å². The van der Waals surface area contributed by atoms with Gasteiger partial charge < -0.3 is 0 Å². The van der Waals surface area contributed by atoms with Crippen LogP contribution in [0.1, 0.15) is 32.5 Å². The fraction of sp³-hybridized carbons (Fsp3) is 0.500. The highest BCUT2D eigenvalue weighted by atomic mass is 15.4. The van der Waals surface area contributed by atoms with E-state index in [0.717, 1.165) is 11.3 Å². The van der Waals surface area contributed by atoms with Crippen molar-refractivity contribution < 1.29 is 0 Å². The maximum absolute atomic E-state index is 3.94. The topological polar surface area (TPSA) is 30.7 Å². The van der Waals surface area contributed by atoms with Crippen molar-refractivity contribution in [2.75, 3.05) is 0 Å². The number of nitrogens with zero attached hydrogens (tertiary/aromatic N) is 3. The summed E-state index contributed by atoms with van der Waals surface area (Å²) in [5.74, 6) is 0. The van der Waals surface area contributed by atoms with Crippen molar-refractivity contribution in [3.8, 4) is 0 Å². The molecule has 0 spiro atoms. The molecule has 0 fully saturated rings. The van der Waals surface area contributed by atoms with Crippen molar-refractivity contribution in [1.82, 2.24) is 15.0 Å². The fourth-order valence-corrected chi connectivity index (χ4v) is 0.931. The maximum Gasteiger partial charge on any atom is 0.0839 e. The summed E-state index contributed by atoms with van der Waals surface area (Å²) in [6.45, 7) is 9.94. The second-order valence-electron chi connectivity index (χ2n) is 2.94. The van der Waals surface area contributed by atoms with Crippen LogP contribution in [0.5, 0.6) is 0 Å². The van der Waals surface area contributed by atoms with Crippen LogP contribution in [0.3, 0.4) is 0 Å². The van der Waals surface area contributed by atoms with E-state index in [4.69, 9.17) is 0 Å². The van der Waals surface area contributed by atoms with Crippen LogP contribution < -0.4 is 0 Å². The molecule has 1 aromatic heterocycles. The lowest BCUT2D eigenvalue weighted by Gasteiger charge is -2.07. The molecule has 0 amide bonds. The third-order valence-corrected chi connectivity index (χ3v) is 1.50. The molecule has 1 rings (SSSR count). The van der Waals surface area contributed by atoms with Gasteiger partial charge in [-0.2, -0.15) is 0 Å². The predicted octanol–water partition coefficient (Wildman–Crippen LogP) is 1.89. The van der Waals surface area contributed by atoms with E-state index in [0.29, 0.717) is 6.04 Å². The molecule has 11 heavy (non-hydrogen) atoms. The molecule has 0 saturated heterocycles. The molecule has 0 bridgehead atoms. The molecule has 3 nitrogen and oxygen atoms in total. The molecule has 0 saturated carbocycles. The zero-order valence-corrected chi connectivity index (χ0v) is 7.20. The first-order valence-corrected chi connectivity index (χ1v) is 3.69. The Balaban J connectivity index is 3.06. The van der Waals surface area contributed by atoms with E-state index in [1.54, 1.807) is 6.20 Å². The first-order chi connectivity index (χ1) is 5.13. The van der Waals surface area contributed by atoms with Crippen LogP contribution in [0.4, 0.5) is 0 Å². The number of hydrogen-bond acceptors (Lipinski definition) is 2. The molecule has 1 heterocycles. The third-order valence-electron chi connectivity index (χ3n) is 1.50. The zero-order valence-electron chi connectivity index (χ0n) is 7.20. The second kappa shape index (κ2) is 2.86. The minimum absolute atomic E-state index is 0.351. The lowest BCUT2D eigenvalue weighted by Crippen LogP contribution is -2.06. The van der Waals surface area contributed by atoms with Gasteiger partial charge in [-0.1, -0.05) is 11.8 Å². The van der Waals surface area contributed by atoms with Crippen molar-refractivity contribution >= 4 is 5.57 Å². The first-order valence-electron chi connectivity index (χ1n) is 3.69. The highest BCUT2D eigenvalue weighted by molar-refractivity contribution is 5.56. The molecule has 0 unspecified atom stereocenters. The van der Waals surface area contributed by atoms with Crippen LogP contribution in [0.25, 0.3) is 5.57 Å². The van der Waals surface area contributed by atoms with Gasteiger partial charge in [0.25, 0.3) is 0 Å². The molecule has 3 heteroatoms. The Morgan fingerprint density at radius 3 is 2.64 bits per heavy atom. The largest absolute Gasteiger partial charge is 0.243 e. The van der Waals surface area contributed by atoms with E-state index in [1.165, 1.54) is 0 Å². The van der Waals surface area contributed by atoms with Gasteiger partial charge >= 0.3 is 0 Å². The van der Waals surface area contributed by atoms with Crippen LogP contribution in [-0.4, -0.2) is 15.0 Å². The minimum atomic E-state index is 0.351. The molecule has 1 aromatic rings. The second-order valence-corrected chi connectivity index (χ2v) is 2.94. The molecule has 60 valence electrons. The molecule has 0 atom stereocenters. The third kappa shape index (κ3) is 1.48. The Morgan fingerprint density at radius 2 is 2.27 bits per heavy atom. The lowest BCUT2D eigenvalue weighted by atomic mass is 10.2. The van der Waals surface area contributed by atoms with E-state index < -0.39 is 0 Å². The van der Waals surface area contributed by atoms with E-state index in [-0.39, 0.29) is 0 Å². The number of allylic oxidation sites excluding steroid dienone is 1. The number of hydrogen-bond donors (Lipinski definition) is 0. The summed E-state index contributed by atoms with van der Waals surface area (Å²) in [6.07, 6.45) is 1.74. The van der Waals surface area contributed by atoms with Gasteiger partial charge in [0, 0.05) is 6.04 Å².